The molecule has 1 unspecified atom stereocenters. The SMILES string of the molecule is C=C1CCc2c1ccc(C1CN(Cc3cnn(-c4cc(C)c(C#N)cn4)c3)CC(C)(C)C1)c2C. The van der Waals surface area contributed by atoms with Gasteiger partial charge < -0.3 is 0 Å². The van der Waals surface area contributed by atoms with Gasteiger partial charge in [0.25, 0.3) is 0 Å². The Labute approximate surface area is 202 Å². The first-order chi connectivity index (χ1) is 16.2. The molecule has 2 aromatic heterocycles. The fourth-order valence-electron chi connectivity index (χ4n) is 6.00. The Hall–Kier alpha value is -3.23. The van der Waals surface area contributed by atoms with Gasteiger partial charge in [0.15, 0.2) is 5.82 Å². The second-order valence-corrected chi connectivity index (χ2v) is 10.9. The molecule has 3 aromatic rings. The summed E-state index contributed by atoms with van der Waals surface area (Å²) in [5, 5.41) is 13.7. The number of aromatic nitrogens is 3. The number of likely N-dealkylation sites (tertiary alicyclic amines) is 1. The second-order valence-electron chi connectivity index (χ2n) is 10.9. The lowest BCUT2D eigenvalue weighted by Gasteiger charge is -2.43. The number of hydrogen-bond donors (Lipinski definition) is 0. The second kappa shape index (κ2) is 8.52. The molecule has 1 aromatic carbocycles. The van der Waals surface area contributed by atoms with Crippen molar-refractivity contribution in [3.8, 4) is 11.9 Å². The monoisotopic (exact) mass is 451 g/mol. The molecule has 34 heavy (non-hydrogen) atoms. The first-order valence-electron chi connectivity index (χ1n) is 12.2. The van der Waals surface area contributed by atoms with E-state index in [9.17, 15) is 0 Å². The van der Waals surface area contributed by atoms with E-state index in [1.165, 1.54) is 39.8 Å². The molecule has 1 saturated heterocycles. The van der Waals surface area contributed by atoms with Gasteiger partial charge in [0.1, 0.15) is 6.07 Å². The fourth-order valence-corrected chi connectivity index (χ4v) is 6.00. The number of hydrogen-bond acceptors (Lipinski definition) is 4. The minimum atomic E-state index is 0.250. The van der Waals surface area contributed by atoms with Crippen molar-refractivity contribution in [2.75, 3.05) is 13.1 Å². The molecule has 3 heterocycles. The van der Waals surface area contributed by atoms with Gasteiger partial charge in [0, 0.05) is 37.6 Å². The molecule has 1 fully saturated rings. The highest BCUT2D eigenvalue weighted by molar-refractivity contribution is 5.72. The maximum absolute atomic E-state index is 9.17. The molecule has 0 N–H and O–H groups in total. The van der Waals surface area contributed by atoms with E-state index < -0.39 is 0 Å². The number of fused-ring (bicyclic) bond motifs is 1. The number of nitriles is 1. The first kappa shape index (κ1) is 22.6. The van der Waals surface area contributed by atoms with E-state index in [0.29, 0.717) is 11.5 Å². The normalized spacial score (nSPS) is 19.7. The standard InChI is InChI=1S/C29H33N5/c1-19-6-7-27-21(3)26(9-8-25(19)27)23-11-29(4,5)18-33(17-23)15-22-13-32-34(16-22)28-10-20(2)24(12-30)14-31-28/h8-10,13-14,16,23H,1,6-7,11,15,17-18H2,2-5H3. The number of nitrogens with zero attached hydrogens (tertiary/aromatic N) is 5. The summed E-state index contributed by atoms with van der Waals surface area (Å²) in [7, 11) is 0. The summed E-state index contributed by atoms with van der Waals surface area (Å²) < 4.78 is 1.81. The van der Waals surface area contributed by atoms with Crippen molar-refractivity contribution in [1.29, 1.82) is 5.26 Å². The van der Waals surface area contributed by atoms with Crippen LogP contribution in [0.5, 0.6) is 0 Å². The molecule has 5 nitrogen and oxygen atoms in total. The van der Waals surface area contributed by atoms with Crippen molar-refractivity contribution in [2.45, 2.75) is 59.4 Å². The minimum absolute atomic E-state index is 0.250. The van der Waals surface area contributed by atoms with Crippen LogP contribution in [0.4, 0.5) is 0 Å². The van der Waals surface area contributed by atoms with E-state index in [1.807, 2.05) is 23.9 Å². The zero-order valence-electron chi connectivity index (χ0n) is 20.7. The predicted octanol–water partition coefficient (Wildman–Crippen LogP) is 5.73. The summed E-state index contributed by atoms with van der Waals surface area (Å²) in [6.45, 7) is 16.3. The molecule has 174 valence electrons. The van der Waals surface area contributed by atoms with Gasteiger partial charge in [-0.15, -0.1) is 0 Å². The van der Waals surface area contributed by atoms with Gasteiger partial charge >= 0.3 is 0 Å². The summed E-state index contributed by atoms with van der Waals surface area (Å²) >= 11 is 0. The Morgan fingerprint density at radius 3 is 2.79 bits per heavy atom. The van der Waals surface area contributed by atoms with Crippen LogP contribution in [0.1, 0.15) is 71.6 Å². The maximum Gasteiger partial charge on any atom is 0.153 e. The van der Waals surface area contributed by atoms with Gasteiger partial charge in [-0.25, -0.2) is 9.67 Å². The van der Waals surface area contributed by atoms with Crippen LogP contribution < -0.4 is 0 Å². The molecule has 2 aliphatic rings. The summed E-state index contributed by atoms with van der Waals surface area (Å²) in [6.07, 6.45) is 9.07. The summed E-state index contributed by atoms with van der Waals surface area (Å²) in [5.74, 6) is 1.27. The molecule has 0 amide bonds. The third-order valence-electron chi connectivity index (χ3n) is 7.56. The van der Waals surface area contributed by atoms with Crippen molar-refractivity contribution in [3.05, 3.63) is 82.3 Å². The van der Waals surface area contributed by atoms with Gasteiger partial charge in [0.2, 0.25) is 0 Å². The molecule has 5 rings (SSSR count). The van der Waals surface area contributed by atoms with Crippen LogP contribution in [0, 0.1) is 30.6 Å². The Morgan fingerprint density at radius 1 is 1.21 bits per heavy atom. The van der Waals surface area contributed by atoms with E-state index in [4.69, 9.17) is 5.26 Å². The summed E-state index contributed by atoms with van der Waals surface area (Å²) in [5.41, 5.74) is 10.1. The van der Waals surface area contributed by atoms with Crippen LogP contribution in [0.3, 0.4) is 0 Å². The molecule has 1 aliphatic carbocycles. The van der Waals surface area contributed by atoms with Gasteiger partial charge in [-0.05, 0) is 83.9 Å². The van der Waals surface area contributed by atoms with Crippen LogP contribution in [-0.4, -0.2) is 32.8 Å². The number of allylic oxidation sites excluding steroid dienone is 1. The van der Waals surface area contributed by atoms with Crippen molar-refractivity contribution < 1.29 is 0 Å². The molecular weight excluding hydrogens is 418 g/mol. The van der Waals surface area contributed by atoms with Crippen molar-refractivity contribution in [3.63, 3.8) is 0 Å². The first-order valence-corrected chi connectivity index (χ1v) is 12.2. The average Bonchev–Trinajstić information content (AvgIpc) is 3.40. The molecule has 1 atom stereocenters. The lowest BCUT2D eigenvalue weighted by Crippen LogP contribution is -2.43. The van der Waals surface area contributed by atoms with E-state index in [1.54, 1.807) is 6.20 Å². The highest BCUT2D eigenvalue weighted by Gasteiger charge is 2.35. The number of pyridine rings is 1. The Morgan fingerprint density at radius 2 is 2.03 bits per heavy atom. The summed E-state index contributed by atoms with van der Waals surface area (Å²) in [6, 6.07) is 8.77. The van der Waals surface area contributed by atoms with Crippen LogP contribution in [-0.2, 0) is 13.0 Å². The van der Waals surface area contributed by atoms with E-state index >= 15 is 0 Å². The maximum atomic E-state index is 9.17. The molecular formula is C29H33N5. The minimum Gasteiger partial charge on any atom is -0.298 e. The Balaban J connectivity index is 1.36. The lowest BCUT2D eigenvalue weighted by atomic mass is 9.74. The highest BCUT2D eigenvalue weighted by atomic mass is 15.3. The van der Waals surface area contributed by atoms with Gasteiger partial charge in [-0.3, -0.25) is 4.90 Å². The smallest absolute Gasteiger partial charge is 0.153 e. The fraction of sp³-hybridized carbons (Fsp3) is 0.414. The molecule has 0 radical (unpaired) electrons. The third-order valence-corrected chi connectivity index (χ3v) is 7.56. The molecule has 1 aliphatic heterocycles. The van der Waals surface area contributed by atoms with E-state index in [2.05, 4.69) is 66.7 Å². The van der Waals surface area contributed by atoms with Crippen LogP contribution in [0.25, 0.3) is 11.4 Å². The third kappa shape index (κ3) is 4.19. The van der Waals surface area contributed by atoms with Crippen molar-refractivity contribution in [2.24, 2.45) is 5.41 Å². The largest absolute Gasteiger partial charge is 0.298 e. The average molecular weight is 452 g/mol. The van der Waals surface area contributed by atoms with E-state index in [-0.39, 0.29) is 5.41 Å². The number of piperidine rings is 1. The van der Waals surface area contributed by atoms with Gasteiger partial charge in [0.05, 0.1) is 11.8 Å². The van der Waals surface area contributed by atoms with Crippen molar-refractivity contribution in [1.82, 2.24) is 19.7 Å². The van der Waals surface area contributed by atoms with Crippen molar-refractivity contribution >= 4 is 5.57 Å². The predicted molar refractivity (Wildman–Crippen MR) is 136 cm³/mol. The van der Waals surface area contributed by atoms with Crippen LogP contribution in [0.2, 0.25) is 0 Å². The zero-order chi connectivity index (χ0) is 24.0. The van der Waals surface area contributed by atoms with Gasteiger partial charge in [-0.1, -0.05) is 32.6 Å². The van der Waals surface area contributed by atoms with E-state index in [0.717, 1.165) is 43.9 Å². The topological polar surface area (TPSA) is 57.7 Å². The van der Waals surface area contributed by atoms with Crippen LogP contribution >= 0.6 is 0 Å². The summed E-state index contributed by atoms with van der Waals surface area (Å²) in [4.78, 5) is 7.00. The molecule has 5 heteroatoms. The number of aryl methyl sites for hydroxylation is 1. The quantitative estimate of drug-likeness (QED) is 0.508. The number of benzene rings is 1. The molecule has 0 saturated carbocycles. The Bertz CT molecular complexity index is 1310. The molecule has 0 bridgehead atoms. The lowest BCUT2D eigenvalue weighted by molar-refractivity contribution is 0.0939. The molecule has 0 spiro atoms. The number of rotatable bonds is 4. The van der Waals surface area contributed by atoms with Gasteiger partial charge in [-0.2, -0.15) is 10.4 Å². The Kier molecular flexibility index (Phi) is 5.65. The zero-order valence-corrected chi connectivity index (χ0v) is 20.7. The van der Waals surface area contributed by atoms with Crippen LogP contribution in [0.15, 0.2) is 43.4 Å². The highest BCUT2D eigenvalue weighted by Crippen LogP contribution is 2.42.